The van der Waals surface area contributed by atoms with Crippen LogP contribution in [0.1, 0.15) is 57.6 Å². The Bertz CT molecular complexity index is 584. The molecule has 1 unspecified atom stereocenters. The fraction of sp³-hybridized carbons (Fsp3) is 0.579. The van der Waals surface area contributed by atoms with Crippen LogP contribution in [0.25, 0.3) is 0 Å². The van der Waals surface area contributed by atoms with Crippen molar-refractivity contribution in [2.24, 2.45) is 0 Å². The molecular formula is C19H31NO3S. The minimum Gasteiger partial charge on any atom is -0.292 e. The Morgan fingerprint density at radius 3 is 2.29 bits per heavy atom. The van der Waals surface area contributed by atoms with E-state index in [4.69, 9.17) is 4.55 Å². The third-order valence-electron chi connectivity index (χ3n) is 4.13. The van der Waals surface area contributed by atoms with Crippen molar-refractivity contribution < 1.29 is 13.0 Å². The summed E-state index contributed by atoms with van der Waals surface area (Å²) in [5, 5.41) is 0. The number of unbranched alkanes of at least 4 members (excludes halogenated alkanes) is 4. The standard InChI is InChI=1S/C19H31NO3S/c1-4-5-6-7-11-14-20(15-16-24(21,22)23)19(17(2)3)18-12-9-8-10-13-18/h8-10,12-13,19H,2,4-7,11,14-16H2,1,3H3,(H,21,22,23). The summed E-state index contributed by atoms with van der Waals surface area (Å²) in [5.74, 6) is -0.251. The summed E-state index contributed by atoms with van der Waals surface area (Å²) >= 11 is 0. The van der Waals surface area contributed by atoms with Crippen LogP contribution in [0.3, 0.4) is 0 Å². The van der Waals surface area contributed by atoms with E-state index in [2.05, 4.69) is 18.4 Å². The first-order valence-electron chi connectivity index (χ1n) is 8.74. The van der Waals surface area contributed by atoms with Gasteiger partial charge in [-0.15, -0.1) is 0 Å². The molecule has 0 fully saturated rings. The van der Waals surface area contributed by atoms with Crippen molar-refractivity contribution in [1.29, 1.82) is 0 Å². The minimum absolute atomic E-state index is 0.0286. The fourth-order valence-electron chi connectivity index (χ4n) is 2.96. The van der Waals surface area contributed by atoms with Crippen LogP contribution in [0.2, 0.25) is 0 Å². The monoisotopic (exact) mass is 353 g/mol. The number of hydrogen-bond acceptors (Lipinski definition) is 3. The lowest BCUT2D eigenvalue weighted by Crippen LogP contribution is -2.34. The van der Waals surface area contributed by atoms with Gasteiger partial charge < -0.3 is 0 Å². The molecule has 5 heteroatoms. The Balaban J connectivity index is 2.84. The second-order valence-electron chi connectivity index (χ2n) is 6.40. The Morgan fingerprint density at radius 1 is 1.12 bits per heavy atom. The molecule has 0 radical (unpaired) electrons. The molecule has 0 heterocycles. The van der Waals surface area contributed by atoms with Gasteiger partial charge in [0, 0.05) is 6.54 Å². The van der Waals surface area contributed by atoms with Crippen LogP contribution in [0.15, 0.2) is 42.5 Å². The Kier molecular flexibility index (Phi) is 9.26. The summed E-state index contributed by atoms with van der Waals surface area (Å²) in [7, 11) is -3.97. The predicted molar refractivity (Wildman–Crippen MR) is 101 cm³/mol. The highest BCUT2D eigenvalue weighted by molar-refractivity contribution is 7.85. The predicted octanol–water partition coefficient (Wildman–Crippen LogP) is 4.46. The molecule has 24 heavy (non-hydrogen) atoms. The normalized spacial score (nSPS) is 13.2. The average Bonchev–Trinajstić information content (AvgIpc) is 2.52. The van der Waals surface area contributed by atoms with E-state index in [1.807, 2.05) is 37.3 Å². The van der Waals surface area contributed by atoms with Crippen molar-refractivity contribution in [2.45, 2.75) is 52.0 Å². The first-order valence-corrected chi connectivity index (χ1v) is 10.4. The van der Waals surface area contributed by atoms with Gasteiger partial charge >= 0.3 is 0 Å². The van der Waals surface area contributed by atoms with E-state index in [9.17, 15) is 8.42 Å². The molecule has 0 bridgehead atoms. The van der Waals surface area contributed by atoms with E-state index in [-0.39, 0.29) is 11.8 Å². The minimum atomic E-state index is -3.97. The van der Waals surface area contributed by atoms with E-state index in [0.29, 0.717) is 6.54 Å². The van der Waals surface area contributed by atoms with Crippen molar-refractivity contribution in [1.82, 2.24) is 4.90 Å². The largest absolute Gasteiger partial charge is 0.292 e. The van der Waals surface area contributed by atoms with Crippen LogP contribution in [0, 0.1) is 0 Å². The topological polar surface area (TPSA) is 57.6 Å². The van der Waals surface area contributed by atoms with Crippen molar-refractivity contribution in [3.8, 4) is 0 Å². The molecule has 1 aromatic carbocycles. The van der Waals surface area contributed by atoms with Crippen molar-refractivity contribution in [2.75, 3.05) is 18.8 Å². The van der Waals surface area contributed by atoms with Crippen molar-refractivity contribution in [3.63, 3.8) is 0 Å². The van der Waals surface area contributed by atoms with E-state index in [1.165, 1.54) is 19.3 Å². The molecule has 4 nitrogen and oxygen atoms in total. The Morgan fingerprint density at radius 2 is 1.75 bits per heavy atom. The molecular weight excluding hydrogens is 322 g/mol. The van der Waals surface area contributed by atoms with Gasteiger partial charge in [0.15, 0.2) is 0 Å². The fourth-order valence-corrected chi connectivity index (χ4v) is 3.43. The summed E-state index contributed by atoms with van der Waals surface area (Å²) in [6, 6.07) is 9.97. The first-order chi connectivity index (χ1) is 11.3. The van der Waals surface area contributed by atoms with Crippen molar-refractivity contribution >= 4 is 10.1 Å². The van der Waals surface area contributed by atoms with Gasteiger partial charge in [-0.05, 0) is 25.5 Å². The van der Waals surface area contributed by atoms with Gasteiger partial charge in [-0.3, -0.25) is 9.45 Å². The zero-order valence-corrected chi connectivity index (χ0v) is 15.8. The number of benzene rings is 1. The molecule has 1 aromatic rings. The van der Waals surface area contributed by atoms with Gasteiger partial charge in [-0.2, -0.15) is 8.42 Å². The lowest BCUT2D eigenvalue weighted by molar-refractivity contribution is 0.228. The van der Waals surface area contributed by atoms with Crippen LogP contribution < -0.4 is 0 Å². The van der Waals surface area contributed by atoms with Gasteiger partial charge in [0.1, 0.15) is 0 Å². The molecule has 0 amide bonds. The van der Waals surface area contributed by atoms with E-state index < -0.39 is 10.1 Å². The lowest BCUT2D eigenvalue weighted by atomic mass is 9.98. The van der Waals surface area contributed by atoms with Gasteiger partial charge in [-0.25, -0.2) is 0 Å². The maximum Gasteiger partial charge on any atom is 0.266 e. The molecule has 0 aromatic heterocycles. The van der Waals surface area contributed by atoms with E-state index in [0.717, 1.165) is 30.5 Å². The maximum absolute atomic E-state index is 11.2. The summed E-state index contributed by atoms with van der Waals surface area (Å²) in [6.07, 6.45) is 5.78. The molecule has 0 saturated heterocycles. The molecule has 1 atom stereocenters. The van der Waals surface area contributed by atoms with Gasteiger partial charge in [0.05, 0.1) is 11.8 Å². The van der Waals surface area contributed by atoms with Crippen LogP contribution in [0.4, 0.5) is 0 Å². The van der Waals surface area contributed by atoms with Crippen LogP contribution in [-0.4, -0.2) is 36.7 Å². The second-order valence-corrected chi connectivity index (χ2v) is 7.97. The zero-order chi connectivity index (χ0) is 18.0. The summed E-state index contributed by atoms with van der Waals surface area (Å²) in [6.45, 7) is 9.36. The summed E-state index contributed by atoms with van der Waals surface area (Å²) in [4.78, 5) is 2.12. The zero-order valence-electron chi connectivity index (χ0n) is 14.9. The summed E-state index contributed by atoms with van der Waals surface area (Å²) in [5.41, 5.74) is 2.08. The highest BCUT2D eigenvalue weighted by Crippen LogP contribution is 2.27. The average molecular weight is 354 g/mol. The lowest BCUT2D eigenvalue weighted by Gasteiger charge is -2.32. The molecule has 1 rings (SSSR count). The third-order valence-corrected chi connectivity index (χ3v) is 4.83. The van der Waals surface area contributed by atoms with Gasteiger partial charge in [0.25, 0.3) is 10.1 Å². The van der Waals surface area contributed by atoms with Crippen LogP contribution in [0.5, 0.6) is 0 Å². The van der Waals surface area contributed by atoms with Crippen molar-refractivity contribution in [3.05, 3.63) is 48.0 Å². The molecule has 1 N–H and O–H groups in total. The smallest absolute Gasteiger partial charge is 0.266 e. The number of nitrogens with zero attached hydrogens (tertiary/aromatic N) is 1. The van der Waals surface area contributed by atoms with Gasteiger partial charge in [-0.1, -0.05) is 75.1 Å². The third kappa shape index (κ3) is 8.08. The number of rotatable bonds is 12. The van der Waals surface area contributed by atoms with E-state index in [1.54, 1.807) is 0 Å². The highest BCUT2D eigenvalue weighted by atomic mass is 32.2. The van der Waals surface area contributed by atoms with Crippen LogP contribution in [-0.2, 0) is 10.1 Å². The Hall–Kier alpha value is -1.17. The van der Waals surface area contributed by atoms with Gasteiger partial charge in [0.2, 0.25) is 0 Å². The molecule has 0 aliphatic heterocycles. The van der Waals surface area contributed by atoms with Crippen LogP contribution >= 0.6 is 0 Å². The highest BCUT2D eigenvalue weighted by Gasteiger charge is 2.22. The molecule has 0 aliphatic carbocycles. The second kappa shape index (κ2) is 10.6. The maximum atomic E-state index is 11.2. The quantitative estimate of drug-likeness (QED) is 0.342. The first kappa shape index (κ1) is 20.9. The van der Waals surface area contributed by atoms with E-state index >= 15 is 0 Å². The molecule has 136 valence electrons. The number of hydrogen-bond donors (Lipinski definition) is 1. The summed E-state index contributed by atoms with van der Waals surface area (Å²) < 4.78 is 31.5. The Labute approximate surface area is 147 Å². The SMILES string of the molecule is C=C(C)C(c1ccccc1)N(CCCCCCC)CCS(=O)(=O)O. The molecule has 0 aliphatic rings. The molecule has 0 spiro atoms. The molecule has 0 saturated carbocycles.